The molecule has 0 radical (unpaired) electrons. The van der Waals surface area contributed by atoms with Gasteiger partial charge in [0.25, 0.3) is 0 Å². The number of carbonyl (C=O) groups excluding carboxylic acids is 2. The van der Waals surface area contributed by atoms with Crippen molar-refractivity contribution in [3.05, 3.63) is 29.8 Å². The highest BCUT2D eigenvalue weighted by molar-refractivity contribution is 5.96. The molecule has 1 heterocycles. The Morgan fingerprint density at radius 3 is 2.82 bits per heavy atom. The van der Waals surface area contributed by atoms with Crippen LogP contribution < -0.4 is 21.3 Å². The van der Waals surface area contributed by atoms with Crippen molar-refractivity contribution in [3.63, 3.8) is 0 Å². The number of benzene rings is 1. The quantitative estimate of drug-likeness (QED) is 0.770. The molecule has 0 saturated carbocycles. The second-order valence-electron chi connectivity index (χ2n) is 6.13. The van der Waals surface area contributed by atoms with Crippen molar-refractivity contribution in [2.75, 3.05) is 24.5 Å². The van der Waals surface area contributed by atoms with Gasteiger partial charge < -0.3 is 16.0 Å². The van der Waals surface area contributed by atoms with Crippen molar-refractivity contribution in [2.45, 2.75) is 26.3 Å². The second kappa shape index (κ2) is 7.26. The topological polar surface area (TPSA) is 87.5 Å². The summed E-state index contributed by atoms with van der Waals surface area (Å²) in [6.07, 6.45) is 0.809. The molecule has 1 unspecified atom stereocenters. The number of hydrogen-bond donors (Lipinski definition) is 3. The minimum atomic E-state index is -0.451. The molecule has 6 heteroatoms. The number of nitrogens with one attached hydrogen (secondary N) is 2. The van der Waals surface area contributed by atoms with Crippen LogP contribution in [0.3, 0.4) is 0 Å². The van der Waals surface area contributed by atoms with Gasteiger partial charge in [-0.3, -0.25) is 10.1 Å². The molecule has 120 valence electrons. The summed E-state index contributed by atoms with van der Waals surface area (Å²) in [6, 6.07) is 7.46. The van der Waals surface area contributed by atoms with Gasteiger partial charge in [0.1, 0.15) is 0 Å². The second-order valence-corrected chi connectivity index (χ2v) is 6.13. The molecule has 0 fully saturated rings. The number of amides is 3. The molecule has 0 bridgehead atoms. The van der Waals surface area contributed by atoms with Crippen molar-refractivity contribution >= 4 is 17.6 Å². The molecule has 1 atom stereocenters. The summed E-state index contributed by atoms with van der Waals surface area (Å²) < 4.78 is 0. The van der Waals surface area contributed by atoms with Crippen LogP contribution >= 0.6 is 0 Å². The Bertz CT molecular complexity index is 545. The predicted octanol–water partition coefficient (Wildman–Crippen LogP) is 0.858. The summed E-state index contributed by atoms with van der Waals surface area (Å²) in [7, 11) is 0. The number of fused-ring (bicyclic) bond motifs is 1. The summed E-state index contributed by atoms with van der Waals surface area (Å²) in [6.45, 7) is 5.26. The molecule has 6 nitrogen and oxygen atoms in total. The molecule has 1 aromatic carbocycles. The van der Waals surface area contributed by atoms with E-state index in [1.165, 1.54) is 0 Å². The Labute approximate surface area is 131 Å². The van der Waals surface area contributed by atoms with Crippen molar-refractivity contribution in [1.29, 1.82) is 0 Å². The van der Waals surface area contributed by atoms with Crippen LogP contribution in [0.4, 0.5) is 10.5 Å². The maximum absolute atomic E-state index is 12.0. The van der Waals surface area contributed by atoms with Gasteiger partial charge in [0.05, 0.1) is 6.54 Å². The number of imide groups is 1. The third kappa shape index (κ3) is 4.46. The number of nitrogens with zero attached hydrogens (tertiary/aromatic N) is 1. The van der Waals surface area contributed by atoms with Crippen LogP contribution in [0.1, 0.15) is 19.4 Å². The average molecular weight is 304 g/mol. The van der Waals surface area contributed by atoms with Crippen LogP contribution in [0.15, 0.2) is 24.3 Å². The number of hydrogen-bond acceptors (Lipinski definition) is 4. The Morgan fingerprint density at radius 2 is 2.09 bits per heavy atom. The van der Waals surface area contributed by atoms with Crippen molar-refractivity contribution in [2.24, 2.45) is 11.7 Å². The van der Waals surface area contributed by atoms with Gasteiger partial charge in [-0.2, -0.15) is 0 Å². The first-order valence-corrected chi connectivity index (χ1v) is 7.62. The van der Waals surface area contributed by atoms with E-state index in [9.17, 15) is 9.59 Å². The molecule has 0 saturated heterocycles. The molecule has 22 heavy (non-hydrogen) atoms. The first kappa shape index (κ1) is 16.3. The fraction of sp³-hybridized carbons (Fsp3) is 0.500. The molecule has 2 rings (SSSR count). The molecule has 4 N–H and O–H groups in total. The monoisotopic (exact) mass is 304 g/mol. The van der Waals surface area contributed by atoms with Crippen LogP contribution in [0, 0.1) is 5.92 Å². The van der Waals surface area contributed by atoms with E-state index in [0.717, 1.165) is 17.7 Å². The van der Waals surface area contributed by atoms with Crippen LogP contribution in [0.2, 0.25) is 0 Å². The molecular weight excluding hydrogens is 280 g/mol. The summed E-state index contributed by atoms with van der Waals surface area (Å²) >= 11 is 0. The number of anilines is 1. The van der Waals surface area contributed by atoms with E-state index in [4.69, 9.17) is 5.73 Å². The van der Waals surface area contributed by atoms with E-state index in [0.29, 0.717) is 19.0 Å². The molecule has 1 aliphatic heterocycles. The highest BCUT2D eigenvalue weighted by atomic mass is 16.2. The highest BCUT2D eigenvalue weighted by Gasteiger charge is 2.23. The number of nitrogens with two attached hydrogens (primary N) is 1. The minimum absolute atomic E-state index is 0.00234. The number of urea groups is 1. The lowest BCUT2D eigenvalue weighted by Crippen LogP contribution is -2.49. The van der Waals surface area contributed by atoms with Gasteiger partial charge in [0, 0.05) is 24.8 Å². The van der Waals surface area contributed by atoms with Crippen LogP contribution in [-0.2, 0) is 11.2 Å². The zero-order valence-corrected chi connectivity index (χ0v) is 13.1. The first-order valence-electron chi connectivity index (χ1n) is 7.62. The summed E-state index contributed by atoms with van der Waals surface area (Å²) in [5.74, 6) is 0.0120. The lowest BCUT2D eigenvalue weighted by molar-refractivity contribution is -0.118. The van der Waals surface area contributed by atoms with Gasteiger partial charge in [-0.15, -0.1) is 0 Å². The van der Waals surface area contributed by atoms with Gasteiger partial charge in [-0.1, -0.05) is 32.0 Å². The molecule has 0 spiro atoms. The largest absolute Gasteiger partial charge is 0.360 e. The molecule has 0 aliphatic carbocycles. The Kier molecular flexibility index (Phi) is 5.38. The van der Waals surface area contributed by atoms with E-state index in [1.807, 2.05) is 43.0 Å². The number of para-hydroxylation sites is 1. The van der Waals surface area contributed by atoms with Crippen molar-refractivity contribution < 1.29 is 9.59 Å². The maximum atomic E-state index is 12.0. The molecule has 1 aliphatic rings. The van der Waals surface area contributed by atoms with E-state index >= 15 is 0 Å². The number of rotatable bonds is 4. The smallest absolute Gasteiger partial charge is 0.321 e. The van der Waals surface area contributed by atoms with Gasteiger partial charge >= 0.3 is 6.03 Å². The fourth-order valence-electron chi connectivity index (χ4n) is 2.55. The Morgan fingerprint density at radius 1 is 1.36 bits per heavy atom. The van der Waals surface area contributed by atoms with Crippen molar-refractivity contribution in [3.8, 4) is 0 Å². The molecular formula is C16H24N4O2. The van der Waals surface area contributed by atoms with E-state index in [2.05, 4.69) is 10.6 Å². The van der Waals surface area contributed by atoms with Gasteiger partial charge in [-0.05, 0) is 24.0 Å². The average Bonchev–Trinajstić information content (AvgIpc) is 2.44. The third-order valence-corrected chi connectivity index (χ3v) is 3.53. The first-order chi connectivity index (χ1) is 10.5. The Balaban J connectivity index is 1.93. The predicted molar refractivity (Wildman–Crippen MR) is 86.7 cm³/mol. The normalized spacial score (nSPS) is 17.1. The molecule has 1 aromatic rings. The van der Waals surface area contributed by atoms with E-state index in [-0.39, 0.29) is 18.5 Å². The zero-order chi connectivity index (χ0) is 16.1. The maximum Gasteiger partial charge on any atom is 0.321 e. The van der Waals surface area contributed by atoms with Crippen LogP contribution in [0.5, 0.6) is 0 Å². The van der Waals surface area contributed by atoms with Crippen LogP contribution in [0.25, 0.3) is 0 Å². The van der Waals surface area contributed by atoms with Gasteiger partial charge in [-0.25, -0.2) is 4.79 Å². The van der Waals surface area contributed by atoms with E-state index in [1.54, 1.807) is 0 Å². The van der Waals surface area contributed by atoms with Crippen LogP contribution in [-0.4, -0.2) is 37.6 Å². The Hall–Kier alpha value is -2.08. The van der Waals surface area contributed by atoms with E-state index < -0.39 is 6.03 Å². The van der Waals surface area contributed by atoms with Gasteiger partial charge in [0.15, 0.2) is 0 Å². The number of carbonyl (C=O) groups is 2. The molecule has 3 amide bonds. The lowest BCUT2D eigenvalue weighted by Gasteiger charge is -2.34. The lowest BCUT2D eigenvalue weighted by atomic mass is 9.98. The zero-order valence-electron chi connectivity index (χ0n) is 13.1. The SMILES string of the molecule is CC(C)CNC(=O)NC(=O)CN1CC(N)Cc2ccccc21. The summed E-state index contributed by atoms with van der Waals surface area (Å²) in [5.41, 5.74) is 8.20. The summed E-state index contributed by atoms with van der Waals surface area (Å²) in [5, 5.41) is 5.02. The summed E-state index contributed by atoms with van der Waals surface area (Å²) in [4.78, 5) is 25.6. The third-order valence-electron chi connectivity index (χ3n) is 3.53. The highest BCUT2D eigenvalue weighted by Crippen LogP contribution is 2.25. The standard InChI is InChI=1S/C16H24N4O2/c1-11(2)8-18-16(22)19-15(21)10-20-9-13(17)7-12-5-3-4-6-14(12)20/h3-6,11,13H,7-10,17H2,1-2H3,(H2,18,19,21,22). The minimum Gasteiger partial charge on any atom is -0.360 e. The van der Waals surface area contributed by atoms with Gasteiger partial charge in [0.2, 0.25) is 5.91 Å². The molecule has 0 aromatic heterocycles. The van der Waals surface area contributed by atoms with Crippen molar-refractivity contribution in [1.82, 2.24) is 10.6 Å². The fourth-order valence-corrected chi connectivity index (χ4v) is 2.55.